The Morgan fingerprint density at radius 3 is 3.00 bits per heavy atom. The van der Waals surface area contributed by atoms with Crippen LogP contribution in [-0.4, -0.2) is 30.8 Å². The van der Waals surface area contributed by atoms with E-state index in [0.717, 1.165) is 25.4 Å². The summed E-state index contributed by atoms with van der Waals surface area (Å²) in [6.45, 7) is 2.41. The number of azide groups is 1. The molecule has 1 heterocycles. The molecule has 0 amide bonds. The summed E-state index contributed by atoms with van der Waals surface area (Å²) in [7, 11) is 0. The Morgan fingerprint density at radius 2 is 2.45 bits per heavy atom. The molecule has 1 rings (SSSR count). The van der Waals surface area contributed by atoms with Crippen molar-refractivity contribution in [1.29, 1.82) is 0 Å². The second-order valence-corrected chi connectivity index (χ2v) is 3.75. The standard InChI is InChI=1S/C6H11N3OS/c7-9-8-2-1-3-11-6-4-10-5-6/h6H,1-5H2. The van der Waals surface area contributed by atoms with Gasteiger partial charge >= 0.3 is 0 Å². The van der Waals surface area contributed by atoms with Crippen LogP contribution in [-0.2, 0) is 4.74 Å². The molecule has 0 aromatic carbocycles. The fourth-order valence-corrected chi connectivity index (χ4v) is 1.75. The number of hydrogen-bond donors (Lipinski definition) is 0. The van der Waals surface area contributed by atoms with Crippen molar-refractivity contribution in [2.24, 2.45) is 5.11 Å². The van der Waals surface area contributed by atoms with E-state index >= 15 is 0 Å². The molecule has 0 spiro atoms. The molecular formula is C6H11N3OS. The molecule has 0 radical (unpaired) electrons. The van der Waals surface area contributed by atoms with Crippen molar-refractivity contribution >= 4 is 11.8 Å². The smallest absolute Gasteiger partial charge is 0.0607 e. The highest BCUT2D eigenvalue weighted by Gasteiger charge is 2.17. The summed E-state index contributed by atoms with van der Waals surface area (Å²) in [6.07, 6.45) is 0.977. The van der Waals surface area contributed by atoms with Crippen LogP contribution >= 0.6 is 11.8 Å². The largest absolute Gasteiger partial charge is 0.379 e. The van der Waals surface area contributed by atoms with E-state index in [1.807, 2.05) is 11.8 Å². The highest BCUT2D eigenvalue weighted by atomic mass is 32.2. The second-order valence-electron chi connectivity index (χ2n) is 2.34. The lowest BCUT2D eigenvalue weighted by Crippen LogP contribution is -2.30. The molecule has 1 saturated heterocycles. The van der Waals surface area contributed by atoms with E-state index in [-0.39, 0.29) is 0 Å². The normalized spacial score (nSPS) is 17.1. The predicted octanol–water partition coefficient (Wildman–Crippen LogP) is 1.82. The quantitative estimate of drug-likeness (QED) is 0.275. The molecule has 62 valence electrons. The molecule has 5 heteroatoms. The van der Waals surface area contributed by atoms with Gasteiger partial charge in [-0.2, -0.15) is 11.8 Å². The van der Waals surface area contributed by atoms with Crippen molar-refractivity contribution in [1.82, 2.24) is 0 Å². The predicted molar refractivity (Wildman–Crippen MR) is 45.7 cm³/mol. The van der Waals surface area contributed by atoms with Gasteiger partial charge in [0.1, 0.15) is 0 Å². The topological polar surface area (TPSA) is 58.0 Å². The minimum Gasteiger partial charge on any atom is -0.379 e. The van der Waals surface area contributed by atoms with Crippen LogP contribution in [0.4, 0.5) is 0 Å². The van der Waals surface area contributed by atoms with Crippen LogP contribution < -0.4 is 0 Å². The number of nitrogens with zero attached hydrogens (tertiary/aromatic N) is 3. The van der Waals surface area contributed by atoms with Gasteiger partial charge in [0.05, 0.1) is 18.5 Å². The van der Waals surface area contributed by atoms with Gasteiger partial charge in [-0.05, 0) is 17.7 Å². The van der Waals surface area contributed by atoms with Gasteiger partial charge in [0.25, 0.3) is 0 Å². The third kappa shape index (κ3) is 3.51. The molecule has 1 aliphatic rings. The molecule has 11 heavy (non-hydrogen) atoms. The van der Waals surface area contributed by atoms with Crippen LogP contribution in [0.2, 0.25) is 0 Å². The summed E-state index contributed by atoms with van der Waals surface area (Å²) in [5.41, 5.74) is 7.96. The summed E-state index contributed by atoms with van der Waals surface area (Å²) < 4.78 is 5.01. The van der Waals surface area contributed by atoms with E-state index in [9.17, 15) is 0 Å². The van der Waals surface area contributed by atoms with Gasteiger partial charge in [-0.15, -0.1) is 0 Å². The first-order chi connectivity index (χ1) is 5.43. The zero-order valence-electron chi connectivity index (χ0n) is 6.27. The van der Waals surface area contributed by atoms with E-state index < -0.39 is 0 Å². The van der Waals surface area contributed by atoms with Crippen molar-refractivity contribution in [3.63, 3.8) is 0 Å². The first-order valence-corrected chi connectivity index (χ1v) is 4.68. The van der Waals surface area contributed by atoms with Crippen LogP contribution in [0.15, 0.2) is 5.11 Å². The molecule has 1 fully saturated rings. The Bertz CT molecular complexity index is 154. The first kappa shape index (κ1) is 8.71. The molecule has 0 aromatic rings. The Kier molecular flexibility index (Phi) is 4.19. The molecule has 0 N–H and O–H groups in total. The third-order valence-corrected chi connectivity index (χ3v) is 2.69. The van der Waals surface area contributed by atoms with E-state index in [2.05, 4.69) is 10.0 Å². The molecule has 0 saturated carbocycles. The van der Waals surface area contributed by atoms with Crippen molar-refractivity contribution in [3.05, 3.63) is 10.4 Å². The molecule has 0 unspecified atom stereocenters. The van der Waals surface area contributed by atoms with E-state index in [4.69, 9.17) is 10.3 Å². The Labute approximate surface area is 69.9 Å². The number of hydrogen-bond acceptors (Lipinski definition) is 3. The molecule has 0 aromatic heterocycles. The lowest BCUT2D eigenvalue weighted by Gasteiger charge is -2.24. The fraction of sp³-hybridized carbons (Fsp3) is 1.00. The molecule has 0 aliphatic carbocycles. The highest BCUT2D eigenvalue weighted by molar-refractivity contribution is 8.00. The molecule has 1 aliphatic heterocycles. The van der Waals surface area contributed by atoms with Crippen LogP contribution in [0.1, 0.15) is 6.42 Å². The van der Waals surface area contributed by atoms with Gasteiger partial charge in [-0.3, -0.25) is 0 Å². The minimum absolute atomic E-state index is 0.622. The summed E-state index contributed by atoms with van der Waals surface area (Å²) in [4.78, 5) is 2.68. The van der Waals surface area contributed by atoms with Gasteiger partial charge in [0.15, 0.2) is 0 Å². The van der Waals surface area contributed by atoms with E-state index in [1.54, 1.807) is 0 Å². The Morgan fingerprint density at radius 1 is 1.64 bits per heavy atom. The van der Waals surface area contributed by atoms with Crippen LogP contribution in [0.5, 0.6) is 0 Å². The summed E-state index contributed by atoms with van der Waals surface area (Å²) in [5.74, 6) is 1.08. The van der Waals surface area contributed by atoms with Gasteiger partial charge in [-0.25, -0.2) is 0 Å². The van der Waals surface area contributed by atoms with Gasteiger partial charge < -0.3 is 4.74 Å². The van der Waals surface area contributed by atoms with Crippen molar-refractivity contribution in [2.75, 3.05) is 25.5 Å². The average molecular weight is 173 g/mol. The zero-order chi connectivity index (χ0) is 7.94. The molecule has 0 atom stereocenters. The monoisotopic (exact) mass is 173 g/mol. The first-order valence-electron chi connectivity index (χ1n) is 3.63. The summed E-state index contributed by atoms with van der Waals surface area (Å²) in [5, 5.41) is 4.14. The maximum Gasteiger partial charge on any atom is 0.0607 e. The van der Waals surface area contributed by atoms with Crippen molar-refractivity contribution in [2.45, 2.75) is 11.7 Å². The van der Waals surface area contributed by atoms with E-state index in [1.165, 1.54) is 0 Å². The van der Waals surface area contributed by atoms with Crippen LogP contribution in [0.3, 0.4) is 0 Å². The summed E-state index contributed by atoms with van der Waals surface area (Å²) >= 11 is 1.91. The van der Waals surface area contributed by atoms with Crippen molar-refractivity contribution < 1.29 is 4.74 Å². The number of ether oxygens (including phenoxy) is 1. The Balaban J connectivity index is 1.83. The molecule has 0 bridgehead atoms. The van der Waals surface area contributed by atoms with Crippen LogP contribution in [0.25, 0.3) is 10.4 Å². The van der Waals surface area contributed by atoms with Crippen molar-refractivity contribution in [3.8, 4) is 0 Å². The number of thioether (sulfide) groups is 1. The Hall–Kier alpha value is -0.380. The van der Waals surface area contributed by atoms with Gasteiger partial charge in [0, 0.05) is 11.5 Å². The fourth-order valence-electron chi connectivity index (χ4n) is 0.740. The SMILES string of the molecule is [N-]=[N+]=NCCCSC1COC1. The summed E-state index contributed by atoms with van der Waals surface area (Å²) in [6, 6.07) is 0. The molecule has 4 nitrogen and oxygen atoms in total. The lowest BCUT2D eigenvalue weighted by molar-refractivity contribution is 0.0455. The number of rotatable bonds is 5. The van der Waals surface area contributed by atoms with Gasteiger partial charge in [-0.1, -0.05) is 5.11 Å². The molecular weight excluding hydrogens is 162 g/mol. The maximum absolute atomic E-state index is 7.96. The van der Waals surface area contributed by atoms with Gasteiger partial charge in [0.2, 0.25) is 0 Å². The average Bonchev–Trinajstić information content (AvgIpc) is 1.93. The minimum atomic E-state index is 0.622. The third-order valence-electron chi connectivity index (χ3n) is 1.43. The second kappa shape index (κ2) is 5.29. The maximum atomic E-state index is 7.96. The zero-order valence-corrected chi connectivity index (χ0v) is 7.09. The van der Waals surface area contributed by atoms with Crippen LogP contribution in [0, 0.1) is 0 Å². The van der Waals surface area contributed by atoms with E-state index in [0.29, 0.717) is 11.8 Å². The highest BCUT2D eigenvalue weighted by Crippen LogP contribution is 2.19. The lowest BCUT2D eigenvalue weighted by atomic mass is 10.4.